The number of benzene rings is 1. The van der Waals surface area contributed by atoms with Gasteiger partial charge in [-0.15, -0.1) is 0 Å². The minimum atomic E-state index is -0.696. The summed E-state index contributed by atoms with van der Waals surface area (Å²) in [6.45, 7) is 17.5. The Labute approximate surface area is 183 Å². The zero-order valence-electron chi connectivity index (χ0n) is 20.2. The summed E-state index contributed by atoms with van der Waals surface area (Å²) in [5.41, 5.74) is 0.358. The number of carbonyl (C=O) groups is 1. The molecule has 0 atom stereocenters. The molecule has 0 spiro atoms. The first-order valence-electron chi connectivity index (χ1n) is 10.3. The predicted molar refractivity (Wildman–Crippen MR) is 122 cm³/mol. The van der Waals surface area contributed by atoms with Gasteiger partial charge in [-0.1, -0.05) is 68.4 Å². The molecule has 2 rings (SSSR count). The molecular formula is C23H34N4O4. The van der Waals surface area contributed by atoms with E-state index in [1.54, 1.807) is 26.8 Å². The van der Waals surface area contributed by atoms with E-state index in [1.165, 1.54) is 11.7 Å². The quantitative estimate of drug-likeness (QED) is 0.396. The fraction of sp³-hybridized carbons (Fsp3) is 0.565. The van der Waals surface area contributed by atoms with Crippen LogP contribution in [0.1, 0.15) is 89.6 Å². The van der Waals surface area contributed by atoms with E-state index in [0.29, 0.717) is 5.56 Å². The summed E-state index contributed by atoms with van der Waals surface area (Å²) < 4.78 is 1.23. The van der Waals surface area contributed by atoms with Crippen molar-refractivity contribution in [3.8, 4) is 5.75 Å². The number of carbonyl (C=O) groups excluding carboxylic acids is 1. The molecule has 170 valence electrons. The van der Waals surface area contributed by atoms with Gasteiger partial charge in [-0.3, -0.25) is 19.6 Å². The molecule has 8 nitrogen and oxygen atoms in total. The summed E-state index contributed by atoms with van der Waals surface area (Å²) >= 11 is 0. The Balaban J connectivity index is 2.67. The Morgan fingerprint density at radius 1 is 1.03 bits per heavy atom. The van der Waals surface area contributed by atoms with Gasteiger partial charge >= 0.3 is 5.69 Å². The monoisotopic (exact) mass is 430 g/mol. The number of anilines is 1. The Bertz CT molecular complexity index is 1030. The lowest BCUT2D eigenvalue weighted by molar-refractivity contribution is -0.386. The van der Waals surface area contributed by atoms with E-state index in [9.17, 15) is 20.0 Å². The van der Waals surface area contributed by atoms with E-state index in [4.69, 9.17) is 0 Å². The number of hydrogen-bond acceptors (Lipinski definition) is 5. The maximum absolute atomic E-state index is 13.2. The van der Waals surface area contributed by atoms with Gasteiger partial charge in [0.05, 0.1) is 10.6 Å². The average molecular weight is 431 g/mol. The molecule has 1 aromatic carbocycles. The molecule has 0 aliphatic carbocycles. The number of nitrogens with zero attached hydrogens (tertiary/aromatic N) is 3. The zero-order valence-corrected chi connectivity index (χ0v) is 20.2. The van der Waals surface area contributed by atoms with Crippen molar-refractivity contribution in [2.45, 2.75) is 78.6 Å². The van der Waals surface area contributed by atoms with Crippen molar-refractivity contribution in [1.29, 1.82) is 0 Å². The van der Waals surface area contributed by atoms with Crippen LogP contribution in [0.25, 0.3) is 0 Å². The number of phenolic OH excluding ortho intramolecular Hbond substituents is 1. The van der Waals surface area contributed by atoms with Gasteiger partial charge in [-0.05, 0) is 22.5 Å². The molecule has 8 heteroatoms. The molecule has 0 bridgehead atoms. The Hall–Kier alpha value is -2.90. The van der Waals surface area contributed by atoms with Crippen molar-refractivity contribution in [2.24, 2.45) is 7.05 Å². The van der Waals surface area contributed by atoms with E-state index in [-0.39, 0.29) is 39.3 Å². The fourth-order valence-electron chi connectivity index (χ4n) is 3.36. The SMILES string of the molecule is Cn1nc(C(C)(C)C)c([N+](=O)[O-])c1C(=O)Nc1cc(C(C)(C)C)cc(C(C)(C)C)c1O. The molecule has 1 heterocycles. The van der Waals surface area contributed by atoms with Crippen molar-refractivity contribution in [2.75, 3.05) is 5.32 Å². The van der Waals surface area contributed by atoms with Crippen LogP contribution in [0, 0.1) is 10.1 Å². The van der Waals surface area contributed by atoms with E-state index in [1.807, 2.05) is 47.6 Å². The lowest BCUT2D eigenvalue weighted by Gasteiger charge is -2.27. The third-order valence-corrected chi connectivity index (χ3v) is 5.16. The first-order valence-corrected chi connectivity index (χ1v) is 10.3. The second-order valence-corrected chi connectivity index (χ2v) is 11.1. The first-order chi connectivity index (χ1) is 13.9. The molecule has 1 amide bonds. The highest BCUT2D eigenvalue weighted by Gasteiger charge is 2.37. The van der Waals surface area contributed by atoms with Crippen LogP contribution in [0.3, 0.4) is 0 Å². The van der Waals surface area contributed by atoms with Crippen molar-refractivity contribution in [3.05, 3.63) is 44.8 Å². The maximum Gasteiger partial charge on any atom is 0.323 e. The second-order valence-electron chi connectivity index (χ2n) is 11.1. The van der Waals surface area contributed by atoms with Crippen molar-refractivity contribution < 1.29 is 14.8 Å². The number of phenols is 1. The van der Waals surface area contributed by atoms with Crippen LogP contribution in [-0.4, -0.2) is 25.7 Å². The number of aryl methyl sites for hydroxylation is 1. The standard InChI is InChI=1S/C23H34N4O4/c1-21(2,3)13-11-14(22(4,5)6)18(28)15(12-13)24-20(29)17-16(27(30)31)19(23(7,8)9)25-26(17)10/h11-12,28H,1-10H3,(H,24,29). The lowest BCUT2D eigenvalue weighted by atomic mass is 9.79. The van der Waals surface area contributed by atoms with Gasteiger partial charge in [-0.2, -0.15) is 5.10 Å². The molecular weight excluding hydrogens is 396 g/mol. The number of hydrogen-bond donors (Lipinski definition) is 2. The number of aromatic nitrogens is 2. The highest BCUT2D eigenvalue weighted by Crippen LogP contribution is 2.41. The number of nitro groups is 1. The van der Waals surface area contributed by atoms with E-state index in [2.05, 4.69) is 10.4 Å². The summed E-state index contributed by atoms with van der Waals surface area (Å²) in [7, 11) is 1.50. The largest absolute Gasteiger partial charge is 0.505 e. The van der Waals surface area contributed by atoms with Gasteiger partial charge in [-0.25, -0.2) is 0 Å². The normalized spacial score (nSPS) is 12.7. The molecule has 31 heavy (non-hydrogen) atoms. The predicted octanol–water partition coefficient (Wildman–Crippen LogP) is 5.18. The van der Waals surface area contributed by atoms with E-state index < -0.39 is 16.2 Å². The summed E-state index contributed by atoms with van der Waals surface area (Å²) in [5, 5.41) is 29.7. The minimum absolute atomic E-state index is 0.0466. The highest BCUT2D eigenvalue weighted by atomic mass is 16.6. The zero-order chi connectivity index (χ0) is 24.1. The molecule has 2 N–H and O–H groups in total. The Kier molecular flexibility index (Phi) is 6.02. The number of rotatable bonds is 3. The highest BCUT2D eigenvalue weighted by molar-refractivity contribution is 6.07. The topological polar surface area (TPSA) is 110 Å². The molecule has 1 aromatic heterocycles. The van der Waals surface area contributed by atoms with Gasteiger partial charge in [0, 0.05) is 18.0 Å². The van der Waals surface area contributed by atoms with Gasteiger partial charge < -0.3 is 10.4 Å². The average Bonchev–Trinajstić information content (AvgIpc) is 2.92. The number of aromatic hydroxyl groups is 1. The van der Waals surface area contributed by atoms with E-state index >= 15 is 0 Å². The van der Waals surface area contributed by atoms with Crippen LogP contribution >= 0.6 is 0 Å². The summed E-state index contributed by atoms with van der Waals surface area (Å²) in [4.78, 5) is 24.4. The molecule has 0 radical (unpaired) electrons. The minimum Gasteiger partial charge on any atom is -0.505 e. The van der Waals surface area contributed by atoms with Gasteiger partial charge in [0.2, 0.25) is 5.69 Å². The number of amides is 1. The molecule has 0 unspecified atom stereocenters. The van der Waals surface area contributed by atoms with Crippen LogP contribution in [-0.2, 0) is 23.3 Å². The summed E-state index contributed by atoms with van der Waals surface area (Å²) in [6, 6.07) is 3.66. The fourth-order valence-corrected chi connectivity index (χ4v) is 3.36. The van der Waals surface area contributed by atoms with Crippen LogP contribution in [0.15, 0.2) is 12.1 Å². The van der Waals surface area contributed by atoms with Gasteiger partial charge in [0.1, 0.15) is 11.4 Å². The number of nitrogens with one attached hydrogen (secondary N) is 1. The first kappa shape index (κ1) is 24.4. The van der Waals surface area contributed by atoms with Crippen LogP contribution in [0.2, 0.25) is 0 Å². The second kappa shape index (κ2) is 7.66. The van der Waals surface area contributed by atoms with Crippen LogP contribution in [0.5, 0.6) is 5.75 Å². The summed E-state index contributed by atoms with van der Waals surface area (Å²) in [5.74, 6) is -0.742. The molecule has 2 aromatic rings. The van der Waals surface area contributed by atoms with E-state index in [0.717, 1.165) is 5.56 Å². The van der Waals surface area contributed by atoms with Crippen molar-refractivity contribution in [3.63, 3.8) is 0 Å². The molecule has 0 saturated heterocycles. The summed E-state index contributed by atoms with van der Waals surface area (Å²) in [6.07, 6.45) is 0. The lowest BCUT2D eigenvalue weighted by Crippen LogP contribution is -2.21. The smallest absolute Gasteiger partial charge is 0.323 e. The van der Waals surface area contributed by atoms with Crippen LogP contribution in [0.4, 0.5) is 11.4 Å². The third kappa shape index (κ3) is 4.89. The molecule has 0 saturated carbocycles. The molecule has 0 aliphatic rings. The van der Waals surface area contributed by atoms with Crippen LogP contribution < -0.4 is 5.32 Å². The molecule has 0 aliphatic heterocycles. The third-order valence-electron chi connectivity index (χ3n) is 5.16. The maximum atomic E-state index is 13.2. The van der Waals surface area contributed by atoms with Gasteiger partial charge in [0.25, 0.3) is 5.91 Å². The Morgan fingerprint density at radius 3 is 2.00 bits per heavy atom. The molecule has 0 fully saturated rings. The Morgan fingerprint density at radius 2 is 1.58 bits per heavy atom. The van der Waals surface area contributed by atoms with Gasteiger partial charge in [0.15, 0.2) is 0 Å². The van der Waals surface area contributed by atoms with Crippen molar-refractivity contribution >= 4 is 17.3 Å². The van der Waals surface area contributed by atoms with Crippen molar-refractivity contribution in [1.82, 2.24) is 9.78 Å².